The Balaban J connectivity index is 1.84. The third kappa shape index (κ3) is 4.41. The molecule has 13 nitrogen and oxygen atoms in total. The monoisotopic (exact) mass is 587 g/mol. The summed E-state index contributed by atoms with van der Waals surface area (Å²) >= 11 is 0. The number of fused-ring (bicyclic) bond motifs is 3. The van der Waals surface area contributed by atoms with Crippen molar-refractivity contribution in [2.45, 2.75) is 63.3 Å². The van der Waals surface area contributed by atoms with Gasteiger partial charge >= 0.3 is 5.97 Å². The summed E-state index contributed by atoms with van der Waals surface area (Å²) in [5, 5.41) is 37.5. The number of nitrogens with two attached hydrogens (primary N) is 1. The van der Waals surface area contributed by atoms with Crippen LogP contribution in [0.5, 0.6) is 5.75 Å². The van der Waals surface area contributed by atoms with Gasteiger partial charge in [0, 0.05) is 5.92 Å². The number of anilines is 1. The van der Waals surface area contributed by atoms with Crippen LogP contribution in [0.3, 0.4) is 0 Å². The average molecular weight is 588 g/mol. The number of aliphatic hydroxyl groups excluding tert-OH is 1. The molecule has 3 aliphatic rings. The van der Waals surface area contributed by atoms with Gasteiger partial charge in [0.25, 0.3) is 0 Å². The number of ether oxygens (including phenoxy) is 1. The second kappa shape index (κ2) is 11.2. The number of nitrogens with zero attached hydrogens (tertiary/aromatic N) is 1. The first kappa shape index (κ1) is 31.3. The van der Waals surface area contributed by atoms with E-state index in [0.29, 0.717) is 18.4 Å². The number of amides is 1. The zero-order valence-corrected chi connectivity index (χ0v) is 24.1. The summed E-state index contributed by atoms with van der Waals surface area (Å²) in [4.78, 5) is 80.7. The molecule has 0 saturated heterocycles. The number of hydrogen-bond donors (Lipinski definition) is 5. The Kier molecular flexibility index (Phi) is 8.33. The van der Waals surface area contributed by atoms with Crippen LogP contribution in [0.15, 0.2) is 12.1 Å². The summed E-state index contributed by atoms with van der Waals surface area (Å²) < 4.78 is 5.10. The number of benzene rings is 1. The molecular formula is C29H37N3O10. The van der Waals surface area contributed by atoms with Gasteiger partial charge in [-0.05, 0) is 45.0 Å². The minimum Gasteiger partial charge on any atom is -0.505 e. The Morgan fingerprint density at radius 3 is 2.33 bits per heavy atom. The molecule has 1 aromatic carbocycles. The number of primary amides is 1. The molecule has 0 heterocycles. The molecule has 42 heavy (non-hydrogen) atoms. The molecule has 228 valence electrons. The average Bonchev–Trinajstić information content (AvgIpc) is 2.91. The number of phenols is 1. The van der Waals surface area contributed by atoms with Crippen molar-refractivity contribution in [3.05, 3.63) is 23.3 Å². The van der Waals surface area contributed by atoms with Crippen molar-refractivity contribution < 1.29 is 48.8 Å². The highest BCUT2D eigenvalue weighted by atomic mass is 16.5. The molecular weight excluding hydrogens is 550 g/mol. The number of aliphatic hydroxyl groups is 2. The predicted molar refractivity (Wildman–Crippen MR) is 146 cm³/mol. The highest BCUT2D eigenvalue weighted by Crippen LogP contribution is 2.55. The first-order valence-electron chi connectivity index (χ1n) is 14.0. The lowest BCUT2D eigenvalue weighted by molar-refractivity contribution is -0.196. The number of hydrogen-bond acceptors (Lipinski definition) is 12. The van der Waals surface area contributed by atoms with Crippen LogP contribution in [0.25, 0.3) is 0 Å². The lowest BCUT2D eigenvalue weighted by atomic mass is 9.49. The molecule has 1 amide bonds. The molecule has 2 fully saturated rings. The van der Waals surface area contributed by atoms with Gasteiger partial charge < -0.3 is 31.1 Å². The van der Waals surface area contributed by atoms with Crippen molar-refractivity contribution >= 4 is 40.7 Å². The highest BCUT2D eigenvalue weighted by molar-refractivity contribution is 6.32. The molecule has 9 atom stereocenters. The normalized spacial score (nSPS) is 33.0. The topological polar surface area (TPSA) is 214 Å². The van der Waals surface area contributed by atoms with Crippen LogP contribution in [0.1, 0.15) is 55.5 Å². The van der Waals surface area contributed by atoms with Gasteiger partial charge in [-0.25, -0.2) is 4.79 Å². The van der Waals surface area contributed by atoms with E-state index in [1.807, 2.05) is 6.92 Å². The molecule has 13 heteroatoms. The van der Waals surface area contributed by atoms with E-state index in [1.165, 1.54) is 31.1 Å². The SMILES string of the molecule is CCCC(Nc1ccc2c(c1O)C(=O)C1C(=O)[C@@]3(O)C(=O)C(C(N)=O)C(=O)[C@H](N(C)C)[C@H]3[C@H](O)[C@H]1[C@@H]2C)C(=O)OCC. The van der Waals surface area contributed by atoms with Gasteiger partial charge in [-0.1, -0.05) is 26.3 Å². The van der Waals surface area contributed by atoms with Gasteiger partial charge in [0.2, 0.25) is 5.91 Å². The van der Waals surface area contributed by atoms with E-state index in [4.69, 9.17) is 10.5 Å². The van der Waals surface area contributed by atoms with E-state index >= 15 is 0 Å². The van der Waals surface area contributed by atoms with Crippen molar-refractivity contribution in [1.29, 1.82) is 0 Å². The fraction of sp³-hybridized carbons (Fsp3) is 0.586. The predicted octanol–water partition coefficient (Wildman–Crippen LogP) is -0.457. The van der Waals surface area contributed by atoms with E-state index in [0.717, 1.165) is 0 Å². The Labute approximate surface area is 242 Å². The summed E-state index contributed by atoms with van der Waals surface area (Å²) in [5.74, 6) is -14.7. The lowest BCUT2D eigenvalue weighted by Crippen LogP contribution is -2.77. The third-order valence-corrected chi connectivity index (χ3v) is 8.97. The zero-order chi connectivity index (χ0) is 31.4. The fourth-order valence-corrected chi connectivity index (χ4v) is 7.07. The quantitative estimate of drug-likeness (QED) is 0.148. The van der Waals surface area contributed by atoms with Gasteiger partial charge in [-0.3, -0.25) is 28.9 Å². The highest BCUT2D eigenvalue weighted by Gasteiger charge is 2.72. The van der Waals surface area contributed by atoms with Crippen LogP contribution in [0.4, 0.5) is 5.69 Å². The van der Waals surface area contributed by atoms with Gasteiger partial charge in [0.05, 0.1) is 41.8 Å². The van der Waals surface area contributed by atoms with Gasteiger partial charge in [-0.2, -0.15) is 0 Å². The van der Waals surface area contributed by atoms with Crippen LogP contribution >= 0.6 is 0 Å². The third-order valence-electron chi connectivity index (χ3n) is 8.97. The van der Waals surface area contributed by atoms with E-state index < -0.39 is 94.1 Å². The van der Waals surface area contributed by atoms with Crippen LogP contribution in [-0.2, 0) is 28.7 Å². The number of esters is 1. The number of carbonyl (C=O) groups excluding carboxylic acids is 6. The van der Waals surface area contributed by atoms with Crippen LogP contribution in [0, 0.1) is 23.7 Å². The number of rotatable bonds is 8. The van der Waals surface area contributed by atoms with Gasteiger partial charge in [0.15, 0.2) is 34.7 Å². The molecule has 0 aromatic heterocycles. The molecule has 6 N–H and O–H groups in total. The maximum absolute atomic E-state index is 14.1. The van der Waals surface area contributed by atoms with Crippen LogP contribution in [-0.4, -0.2) is 99.7 Å². The van der Waals surface area contributed by atoms with E-state index in [2.05, 4.69) is 5.32 Å². The molecule has 1 aromatic rings. The molecule has 0 radical (unpaired) electrons. The molecule has 3 unspecified atom stereocenters. The Morgan fingerprint density at radius 2 is 1.79 bits per heavy atom. The smallest absolute Gasteiger partial charge is 0.328 e. The molecule has 0 aliphatic heterocycles. The molecule has 0 bridgehead atoms. The largest absolute Gasteiger partial charge is 0.505 e. The Hall–Kier alpha value is -3.68. The summed E-state index contributed by atoms with van der Waals surface area (Å²) in [7, 11) is 2.86. The molecule has 4 rings (SSSR count). The standard InChI is InChI=1S/C29H37N3O10/c1-6-8-14(28(40)42-7-2)31-13-10-9-12-11(3)15-17(22(34)16(12)21(13)33)25(37)29(41)19(23(15)35)20(32(4)5)24(36)18(26(29)38)27(30)39/h9-11,14-15,17-20,23,31,33,35,41H,6-8H2,1-5H3,(H2,30,39)/t11-,14?,15+,17?,18?,19+,20-,23-,29-/m1/s1. The van der Waals surface area contributed by atoms with Crippen molar-refractivity contribution in [1.82, 2.24) is 4.90 Å². The van der Waals surface area contributed by atoms with Crippen molar-refractivity contribution in [3.63, 3.8) is 0 Å². The van der Waals surface area contributed by atoms with Crippen molar-refractivity contribution in [3.8, 4) is 5.75 Å². The molecule has 0 spiro atoms. The first-order valence-corrected chi connectivity index (χ1v) is 14.0. The number of aromatic hydroxyl groups is 1. The first-order chi connectivity index (χ1) is 19.7. The summed E-state index contributed by atoms with van der Waals surface area (Å²) in [6.07, 6.45) is -0.750. The van der Waals surface area contributed by atoms with Crippen LogP contribution in [0.2, 0.25) is 0 Å². The number of Topliss-reactive ketones (excluding diaryl/α,β-unsaturated/α-hetero) is 4. The number of carbonyl (C=O) groups is 6. The van der Waals surface area contributed by atoms with Crippen molar-refractivity contribution in [2.75, 3.05) is 26.0 Å². The van der Waals surface area contributed by atoms with Crippen LogP contribution < -0.4 is 11.1 Å². The lowest BCUT2D eigenvalue weighted by Gasteiger charge is -2.56. The maximum atomic E-state index is 14.1. The molecule has 2 saturated carbocycles. The second-order valence-corrected chi connectivity index (χ2v) is 11.5. The number of likely N-dealkylation sites (N-methyl/N-ethyl adjacent to an activating group) is 1. The van der Waals surface area contributed by atoms with E-state index in [1.54, 1.807) is 13.8 Å². The fourth-order valence-electron chi connectivity index (χ4n) is 7.07. The Morgan fingerprint density at radius 1 is 1.14 bits per heavy atom. The zero-order valence-electron chi connectivity index (χ0n) is 24.1. The minimum absolute atomic E-state index is 0.0282. The minimum atomic E-state index is -3.07. The van der Waals surface area contributed by atoms with Gasteiger partial charge in [0.1, 0.15) is 11.8 Å². The van der Waals surface area contributed by atoms with Gasteiger partial charge in [-0.15, -0.1) is 0 Å². The number of ketones is 4. The molecule has 3 aliphatic carbocycles. The maximum Gasteiger partial charge on any atom is 0.328 e. The second-order valence-electron chi connectivity index (χ2n) is 11.5. The summed E-state index contributed by atoms with van der Waals surface area (Å²) in [6, 6.07) is 0.730. The Bertz CT molecular complexity index is 1360. The number of phenolic OH excluding ortho intramolecular Hbond substituents is 1. The van der Waals surface area contributed by atoms with E-state index in [-0.39, 0.29) is 17.9 Å². The van der Waals surface area contributed by atoms with Crippen molar-refractivity contribution in [2.24, 2.45) is 29.4 Å². The van der Waals surface area contributed by atoms with E-state index in [9.17, 15) is 44.1 Å². The summed E-state index contributed by atoms with van der Waals surface area (Å²) in [6.45, 7) is 5.27. The number of nitrogens with one attached hydrogen (secondary N) is 1. The summed E-state index contributed by atoms with van der Waals surface area (Å²) in [5.41, 5.74) is 2.33.